The Balaban J connectivity index is 1.50. The van der Waals surface area contributed by atoms with Gasteiger partial charge >= 0.3 is 6.03 Å². The quantitative estimate of drug-likeness (QED) is 0.224. The van der Waals surface area contributed by atoms with Crippen molar-refractivity contribution in [3.63, 3.8) is 0 Å². The second-order valence-electron chi connectivity index (χ2n) is 10.9. The van der Waals surface area contributed by atoms with Gasteiger partial charge in [-0.25, -0.2) is 14.8 Å². The van der Waals surface area contributed by atoms with E-state index in [0.717, 1.165) is 11.1 Å². The average Bonchev–Trinajstić information content (AvgIpc) is 3.03. The second kappa shape index (κ2) is 13.9. The third-order valence-electron chi connectivity index (χ3n) is 7.86. The summed E-state index contributed by atoms with van der Waals surface area (Å²) in [7, 11) is 0. The van der Waals surface area contributed by atoms with Crippen molar-refractivity contribution in [2.24, 2.45) is 5.73 Å². The van der Waals surface area contributed by atoms with E-state index in [1.165, 1.54) is 9.91 Å². The monoisotopic (exact) mass is 609 g/mol. The van der Waals surface area contributed by atoms with Gasteiger partial charge in [0.2, 0.25) is 24.1 Å². The molecule has 0 radical (unpaired) electrons. The highest BCUT2D eigenvalue weighted by Crippen LogP contribution is 2.29. The molecule has 5 rings (SSSR count). The lowest BCUT2D eigenvalue weighted by atomic mass is 9.98. The molecule has 0 spiro atoms. The maximum absolute atomic E-state index is 14.2. The summed E-state index contributed by atoms with van der Waals surface area (Å²) in [5, 5.41) is 8.70. The number of nitrogens with zero attached hydrogens (tertiary/aromatic N) is 4. The number of anilines is 1. The Bertz CT molecular complexity index is 1580. The summed E-state index contributed by atoms with van der Waals surface area (Å²) >= 11 is 0. The van der Waals surface area contributed by atoms with E-state index in [9.17, 15) is 24.0 Å². The lowest BCUT2D eigenvalue weighted by molar-refractivity contribution is -0.189. The molecule has 6 amide bonds. The highest BCUT2D eigenvalue weighted by Gasteiger charge is 2.51. The van der Waals surface area contributed by atoms with Gasteiger partial charge in [-0.05, 0) is 41.0 Å². The van der Waals surface area contributed by atoms with Gasteiger partial charge < -0.3 is 26.2 Å². The Morgan fingerprint density at radius 1 is 0.956 bits per heavy atom. The molecular formula is C33H35N7O5. The van der Waals surface area contributed by atoms with Gasteiger partial charge in [-0.1, -0.05) is 60.7 Å². The van der Waals surface area contributed by atoms with Crippen LogP contribution in [0.1, 0.15) is 27.0 Å². The van der Waals surface area contributed by atoms with Crippen molar-refractivity contribution in [3.05, 3.63) is 114 Å². The summed E-state index contributed by atoms with van der Waals surface area (Å²) in [6.45, 7) is 4.38. The van der Waals surface area contributed by atoms with E-state index in [0.29, 0.717) is 23.2 Å². The zero-order chi connectivity index (χ0) is 31.9. The number of nitrogens with two attached hydrogens (primary N) is 1. The number of fused-ring (bicyclic) bond motifs is 1. The average molecular weight is 610 g/mol. The standard InChI is InChI=1S/C33H35N7O5/c1-2-15-38-21-30(42)39-28(17-23-11-13-27(14-12-23)36-22-41)32(44)37(19-25-9-6-10-26(16-25)31(34)43)20-29(39)40(38)33(45)35-18-24-7-4-3-5-8-24/h2-14,16,22,28-29H,1,15,17-21H2,(H2,34,43)(H,35,45)(H,36,41)/t28-,29-/m0/s1. The zero-order valence-electron chi connectivity index (χ0n) is 24.7. The van der Waals surface area contributed by atoms with E-state index < -0.39 is 24.1 Å². The summed E-state index contributed by atoms with van der Waals surface area (Å²) in [5.74, 6) is -1.17. The van der Waals surface area contributed by atoms with Crippen LogP contribution in [-0.4, -0.2) is 81.8 Å². The van der Waals surface area contributed by atoms with Gasteiger partial charge in [0, 0.05) is 37.3 Å². The van der Waals surface area contributed by atoms with E-state index in [4.69, 9.17) is 5.73 Å². The van der Waals surface area contributed by atoms with Crippen molar-refractivity contribution >= 4 is 35.9 Å². The number of rotatable bonds is 11. The van der Waals surface area contributed by atoms with E-state index in [1.54, 1.807) is 64.5 Å². The van der Waals surface area contributed by atoms with Gasteiger partial charge in [-0.2, -0.15) is 0 Å². The maximum atomic E-state index is 14.2. The Hall–Kier alpha value is -5.49. The first-order valence-electron chi connectivity index (χ1n) is 14.5. The van der Waals surface area contributed by atoms with E-state index in [-0.39, 0.29) is 51.0 Å². The molecule has 12 nitrogen and oxygen atoms in total. The number of amides is 6. The van der Waals surface area contributed by atoms with Crippen molar-refractivity contribution in [1.29, 1.82) is 0 Å². The SMILES string of the molecule is C=CCN1CC(=O)N2[C@@H](Cc3ccc(NC=O)cc3)C(=O)N(Cc3cccc(C(N)=O)c3)C[C@@H]2N1C(=O)NCc1ccccc1. The number of nitrogens with one attached hydrogen (secondary N) is 2. The van der Waals surface area contributed by atoms with Gasteiger partial charge in [0.1, 0.15) is 12.2 Å². The number of benzene rings is 3. The minimum Gasteiger partial charge on any atom is -0.366 e. The third-order valence-corrected chi connectivity index (χ3v) is 7.86. The molecular weight excluding hydrogens is 574 g/mol. The van der Waals surface area contributed by atoms with Crippen LogP contribution in [0.3, 0.4) is 0 Å². The maximum Gasteiger partial charge on any atom is 0.334 e. The van der Waals surface area contributed by atoms with Crippen LogP contribution in [0.4, 0.5) is 10.5 Å². The van der Waals surface area contributed by atoms with Crippen LogP contribution in [0.5, 0.6) is 0 Å². The first-order valence-corrected chi connectivity index (χ1v) is 14.5. The third kappa shape index (κ3) is 7.02. The largest absolute Gasteiger partial charge is 0.366 e. The molecule has 0 aromatic heterocycles. The number of hydrogen-bond acceptors (Lipinski definition) is 6. The summed E-state index contributed by atoms with van der Waals surface area (Å²) in [5.41, 5.74) is 8.76. The molecule has 2 aliphatic rings. The number of primary amides is 1. The Morgan fingerprint density at radius 3 is 2.38 bits per heavy atom. The van der Waals surface area contributed by atoms with Gasteiger partial charge in [0.15, 0.2) is 0 Å². The normalized spacial score (nSPS) is 18.3. The highest BCUT2D eigenvalue weighted by molar-refractivity contribution is 5.93. The lowest BCUT2D eigenvalue weighted by Gasteiger charge is -2.55. The van der Waals surface area contributed by atoms with Crippen LogP contribution in [0.2, 0.25) is 0 Å². The van der Waals surface area contributed by atoms with Crippen LogP contribution >= 0.6 is 0 Å². The van der Waals surface area contributed by atoms with Crippen molar-refractivity contribution in [2.45, 2.75) is 31.7 Å². The van der Waals surface area contributed by atoms with Crippen LogP contribution in [-0.2, 0) is 33.9 Å². The zero-order valence-corrected chi connectivity index (χ0v) is 24.7. The van der Waals surface area contributed by atoms with E-state index in [2.05, 4.69) is 17.2 Å². The molecule has 3 aromatic rings. The van der Waals surface area contributed by atoms with E-state index in [1.807, 2.05) is 30.3 Å². The van der Waals surface area contributed by atoms with Gasteiger partial charge in [-0.15, -0.1) is 6.58 Å². The van der Waals surface area contributed by atoms with Gasteiger partial charge in [0.25, 0.3) is 0 Å². The van der Waals surface area contributed by atoms with Crippen molar-refractivity contribution in [1.82, 2.24) is 25.1 Å². The van der Waals surface area contributed by atoms with Gasteiger partial charge in [0.05, 0.1) is 13.1 Å². The van der Waals surface area contributed by atoms with Gasteiger partial charge in [-0.3, -0.25) is 19.2 Å². The molecule has 2 aliphatic heterocycles. The summed E-state index contributed by atoms with van der Waals surface area (Å²) in [6.07, 6.45) is 1.56. The molecule has 3 aromatic carbocycles. The van der Waals surface area contributed by atoms with Crippen LogP contribution < -0.4 is 16.4 Å². The number of urea groups is 1. The fraction of sp³-hybridized carbons (Fsp3) is 0.242. The Morgan fingerprint density at radius 2 is 1.69 bits per heavy atom. The number of carbonyl (C=O) groups is 5. The van der Waals surface area contributed by atoms with Crippen molar-refractivity contribution in [2.75, 3.05) is 25.0 Å². The molecule has 2 atom stereocenters. The summed E-state index contributed by atoms with van der Waals surface area (Å²) < 4.78 is 0. The molecule has 232 valence electrons. The molecule has 45 heavy (non-hydrogen) atoms. The molecule has 2 fully saturated rings. The molecule has 0 bridgehead atoms. The Labute approximate surface area is 261 Å². The fourth-order valence-corrected chi connectivity index (χ4v) is 5.77. The number of hydrogen-bond donors (Lipinski definition) is 3. The predicted molar refractivity (Wildman–Crippen MR) is 167 cm³/mol. The molecule has 4 N–H and O–H groups in total. The minimum atomic E-state index is -0.921. The van der Waals surface area contributed by atoms with Crippen LogP contribution in [0, 0.1) is 0 Å². The summed E-state index contributed by atoms with van der Waals surface area (Å²) in [4.78, 5) is 67.6. The fourth-order valence-electron chi connectivity index (χ4n) is 5.77. The molecule has 0 saturated carbocycles. The smallest absolute Gasteiger partial charge is 0.334 e. The topological polar surface area (TPSA) is 148 Å². The highest BCUT2D eigenvalue weighted by atomic mass is 16.2. The lowest BCUT2D eigenvalue weighted by Crippen LogP contribution is -2.76. The second-order valence-corrected chi connectivity index (χ2v) is 10.9. The first-order chi connectivity index (χ1) is 21.8. The number of hydrazine groups is 1. The van der Waals surface area contributed by atoms with Crippen LogP contribution in [0.15, 0.2) is 91.5 Å². The number of piperazine rings is 1. The molecule has 12 heteroatoms. The van der Waals surface area contributed by atoms with E-state index >= 15 is 0 Å². The minimum absolute atomic E-state index is 0.0382. The molecule has 0 unspecified atom stereocenters. The van der Waals surface area contributed by atoms with Crippen molar-refractivity contribution < 1.29 is 24.0 Å². The predicted octanol–water partition coefficient (Wildman–Crippen LogP) is 2.09. The first kappa shape index (κ1) is 31.0. The van der Waals surface area contributed by atoms with Crippen LogP contribution in [0.25, 0.3) is 0 Å². The molecule has 2 saturated heterocycles. The molecule has 2 heterocycles. The number of carbonyl (C=O) groups excluding carboxylic acids is 5. The molecule has 0 aliphatic carbocycles. The summed E-state index contributed by atoms with van der Waals surface area (Å²) in [6, 6.07) is 21.9. The van der Waals surface area contributed by atoms with Crippen molar-refractivity contribution in [3.8, 4) is 0 Å². The Kier molecular flexibility index (Phi) is 9.54.